The smallest absolute Gasteiger partial charge is 0.242 e. The van der Waals surface area contributed by atoms with Gasteiger partial charge in [0.15, 0.2) is 0 Å². The normalized spacial score (nSPS) is 12.0. The summed E-state index contributed by atoms with van der Waals surface area (Å²) < 4.78 is 26.5. The quantitative estimate of drug-likeness (QED) is 0.354. The maximum Gasteiger partial charge on any atom is 0.242 e. The lowest BCUT2D eigenvalue weighted by molar-refractivity contribution is -0.141. The lowest BCUT2D eigenvalue weighted by Gasteiger charge is -2.32. The minimum atomic E-state index is -3.56. The predicted molar refractivity (Wildman–Crippen MR) is 153 cm³/mol. The Balaban J connectivity index is 1.86. The fraction of sp³-hybridized carbons (Fsp3) is 0.310. The Bertz CT molecular complexity index is 1350. The van der Waals surface area contributed by atoms with Gasteiger partial charge < -0.3 is 10.2 Å². The second kappa shape index (κ2) is 13.4. The molecule has 1 N–H and O–H groups in total. The third kappa shape index (κ3) is 7.82. The second-order valence-electron chi connectivity index (χ2n) is 9.16. The van der Waals surface area contributed by atoms with Gasteiger partial charge in [0.1, 0.15) is 6.04 Å². The van der Waals surface area contributed by atoms with E-state index >= 15 is 0 Å². The molecule has 0 fully saturated rings. The summed E-state index contributed by atoms with van der Waals surface area (Å²) in [6, 6.07) is 23.2. The molecule has 0 unspecified atom stereocenters. The molecule has 3 rings (SSSR count). The zero-order chi connectivity index (χ0) is 27.7. The summed E-state index contributed by atoms with van der Waals surface area (Å²) in [5.41, 5.74) is 3.05. The van der Waals surface area contributed by atoms with Gasteiger partial charge in [0, 0.05) is 38.0 Å². The van der Waals surface area contributed by atoms with Crippen molar-refractivity contribution >= 4 is 39.1 Å². The van der Waals surface area contributed by atoms with Crippen molar-refractivity contribution in [1.82, 2.24) is 10.2 Å². The molecule has 0 bridgehead atoms. The number of nitrogens with zero attached hydrogens (tertiary/aromatic N) is 2. The van der Waals surface area contributed by atoms with Gasteiger partial charge in [-0.05, 0) is 42.2 Å². The average Bonchev–Trinajstić information content (AvgIpc) is 2.89. The first-order chi connectivity index (χ1) is 18.1. The summed E-state index contributed by atoms with van der Waals surface area (Å²) in [5.74, 6) is -0.542. The number of para-hydroxylation sites is 1. The molecule has 0 heterocycles. The molecule has 3 aromatic carbocycles. The van der Waals surface area contributed by atoms with E-state index in [4.69, 9.17) is 11.6 Å². The molecule has 0 aliphatic carbocycles. The molecular weight excluding hydrogens is 522 g/mol. The fourth-order valence-corrected chi connectivity index (χ4v) is 5.57. The Morgan fingerprint density at radius 1 is 0.947 bits per heavy atom. The molecule has 0 radical (unpaired) electrons. The molecule has 0 saturated heterocycles. The topological polar surface area (TPSA) is 86.8 Å². The number of carbonyl (C=O) groups excluding carboxylic acids is 2. The highest BCUT2D eigenvalue weighted by atomic mass is 35.5. The standard InChI is InChI=1S/C29H34ClN3O4S/c1-22-12-7-10-17-26(22)33(38(3,36)37)19-11-18-28(34)32(21-24-15-8-9-16-25(24)30)27(29(35)31-2)20-23-13-5-4-6-14-23/h4-10,12-17,27H,11,18-21H2,1-3H3,(H,31,35)/t27-/m0/s1. The van der Waals surface area contributed by atoms with Crippen LogP contribution in [0.3, 0.4) is 0 Å². The van der Waals surface area contributed by atoms with Gasteiger partial charge in [-0.1, -0.05) is 78.3 Å². The third-order valence-electron chi connectivity index (χ3n) is 6.35. The summed E-state index contributed by atoms with van der Waals surface area (Å²) >= 11 is 6.42. The highest BCUT2D eigenvalue weighted by Gasteiger charge is 2.30. The molecule has 0 aliphatic rings. The summed E-state index contributed by atoms with van der Waals surface area (Å²) in [5, 5.41) is 3.19. The lowest BCUT2D eigenvalue weighted by atomic mass is 10.0. The van der Waals surface area contributed by atoms with Crippen LogP contribution in [0.5, 0.6) is 0 Å². The molecule has 0 spiro atoms. The largest absolute Gasteiger partial charge is 0.357 e. The summed E-state index contributed by atoms with van der Waals surface area (Å²) in [7, 11) is -2.01. The number of halogens is 1. The number of sulfonamides is 1. The number of rotatable bonds is 12. The molecule has 9 heteroatoms. The van der Waals surface area contributed by atoms with Crippen LogP contribution in [0.25, 0.3) is 0 Å². The van der Waals surface area contributed by atoms with Crippen molar-refractivity contribution in [3.63, 3.8) is 0 Å². The highest BCUT2D eigenvalue weighted by Crippen LogP contribution is 2.24. The van der Waals surface area contributed by atoms with Gasteiger partial charge in [0.25, 0.3) is 0 Å². The van der Waals surface area contributed by atoms with Gasteiger partial charge in [0.2, 0.25) is 21.8 Å². The molecule has 202 valence electrons. The molecule has 0 aromatic heterocycles. The van der Waals surface area contributed by atoms with E-state index in [0.29, 0.717) is 17.1 Å². The molecule has 7 nitrogen and oxygen atoms in total. The van der Waals surface area contributed by atoms with Gasteiger partial charge in [-0.15, -0.1) is 0 Å². The van der Waals surface area contributed by atoms with E-state index in [1.165, 1.54) is 4.31 Å². The molecule has 38 heavy (non-hydrogen) atoms. The van der Waals surface area contributed by atoms with Gasteiger partial charge >= 0.3 is 0 Å². The Labute approximate surface area is 230 Å². The summed E-state index contributed by atoms with van der Waals surface area (Å²) in [4.78, 5) is 28.3. The molecule has 0 saturated carbocycles. The Kier molecular flexibility index (Phi) is 10.3. The summed E-state index contributed by atoms with van der Waals surface area (Å²) in [6.07, 6.45) is 1.83. The monoisotopic (exact) mass is 555 g/mol. The SMILES string of the molecule is CNC(=O)[C@H](Cc1ccccc1)N(Cc1ccccc1Cl)C(=O)CCCN(c1ccccc1C)S(C)(=O)=O. The van der Waals surface area contributed by atoms with E-state index in [2.05, 4.69) is 5.32 Å². The number of hydrogen-bond acceptors (Lipinski definition) is 4. The minimum Gasteiger partial charge on any atom is -0.357 e. The molecule has 1 atom stereocenters. The van der Waals surface area contributed by atoms with Gasteiger partial charge in [-0.25, -0.2) is 8.42 Å². The number of hydrogen-bond donors (Lipinski definition) is 1. The van der Waals surface area contributed by atoms with Crippen LogP contribution in [0, 0.1) is 6.92 Å². The zero-order valence-corrected chi connectivity index (χ0v) is 23.5. The van der Waals surface area contributed by atoms with E-state index in [9.17, 15) is 18.0 Å². The van der Waals surface area contributed by atoms with E-state index < -0.39 is 16.1 Å². The van der Waals surface area contributed by atoms with Crippen LogP contribution in [0.4, 0.5) is 5.69 Å². The number of carbonyl (C=O) groups is 2. The Morgan fingerprint density at radius 2 is 1.58 bits per heavy atom. The van der Waals surface area contributed by atoms with E-state index in [0.717, 1.165) is 22.9 Å². The van der Waals surface area contributed by atoms with E-state index in [-0.39, 0.29) is 37.7 Å². The van der Waals surface area contributed by atoms with Crippen LogP contribution in [-0.4, -0.2) is 51.0 Å². The first kappa shape index (κ1) is 29.2. The maximum atomic E-state index is 13.7. The Hall–Kier alpha value is -3.36. The lowest BCUT2D eigenvalue weighted by Crippen LogP contribution is -2.49. The van der Waals surface area contributed by atoms with Crippen molar-refractivity contribution in [3.05, 3.63) is 101 Å². The average molecular weight is 556 g/mol. The molecule has 0 aliphatic heterocycles. The van der Waals surface area contributed by atoms with Crippen LogP contribution < -0.4 is 9.62 Å². The van der Waals surface area contributed by atoms with Gasteiger partial charge in [0.05, 0.1) is 11.9 Å². The first-order valence-corrected chi connectivity index (χ1v) is 14.7. The zero-order valence-electron chi connectivity index (χ0n) is 21.9. The van der Waals surface area contributed by atoms with Crippen molar-refractivity contribution in [2.24, 2.45) is 0 Å². The number of likely N-dealkylation sites (N-methyl/N-ethyl adjacent to an activating group) is 1. The van der Waals surface area contributed by atoms with Gasteiger partial charge in [-0.2, -0.15) is 0 Å². The number of amides is 2. The summed E-state index contributed by atoms with van der Waals surface area (Å²) in [6.45, 7) is 2.14. The Morgan fingerprint density at radius 3 is 2.21 bits per heavy atom. The second-order valence-corrected chi connectivity index (χ2v) is 11.5. The minimum absolute atomic E-state index is 0.0602. The van der Waals surface area contributed by atoms with Gasteiger partial charge in [-0.3, -0.25) is 13.9 Å². The number of aryl methyl sites for hydroxylation is 1. The molecular formula is C29H34ClN3O4S. The van der Waals surface area contributed by atoms with Crippen LogP contribution in [0.2, 0.25) is 5.02 Å². The van der Waals surface area contributed by atoms with Crippen LogP contribution in [-0.2, 0) is 32.6 Å². The van der Waals surface area contributed by atoms with Crippen molar-refractivity contribution < 1.29 is 18.0 Å². The van der Waals surface area contributed by atoms with E-state index in [1.807, 2.05) is 67.6 Å². The maximum absolute atomic E-state index is 13.7. The fourth-order valence-electron chi connectivity index (χ4n) is 4.36. The predicted octanol–water partition coefficient (Wildman–Crippen LogP) is 4.58. The van der Waals surface area contributed by atoms with Crippen LogP contribution in [0.15, 0.2) is 78.9 Å². The van der Waals surface area contributed by atoms with Crippen LogP contribution in [0.1, 0.15) is 29.5 Å². The van der Waals surface area contributed by atoms with E-state index in [1.54, 1.807) is 30.1 Å². The number of benzene rings is 3. The third-order valence-corrected chi connectivity index (χ3v) is 7.90. The van der Waals surface area contributed by atoms with Crippen molar-refractivity contribution in [2.45, 2.75) is 38.8 Å². The van der Waals surface area contributed by atoms with Crippen molar-refractivity contribution in [2.75, 3.05) is 24.2 Å². The highest BCUT2D eigenvalue weighted by molar-refractivity contribution is 7.92. The van der Waals surface area contributed by atoms with Crippen molar-refractivity contribution in [3.8, 4) is 0 Å². The molecule has 3 aromatic rings. The van der Waals surface area contributed by atoms with Crippen molar-refractivity contribution in [1.29, 1.82) is 0 Å². The number of anilines is 1. The molecule has 2 amide bonds. The van der Waals surface area contributed by atoms with Crippen LogP contribution >= 0.6 is 11.6 Å². The first-order valence-electron chi connectivity index (χ1n) is 12.4. The number of nitrogens with one attached hydrogen (secondary N) is 1.